The van der Waals surface area contributed by atoms with Crippen LogP contribution in [0, 0.1) is 0 Å². The third kappa shape index (κ3) is 6.49. The topological polar surface area (TPSA) is 72.1 Å². The van der Waals surface area contributed by atoms with E-state index in [2.05, 4.69) is 46.4 Å². The second kappa shape index (κ2) is 11.6. The highest BCUT2D eigenvalue weighted by Gasteiger charge is 2.19. The van der Waals surface area contributed by atoms with Crippen LogP contribution in [0.2, 0.25) is 0 Å². The molecule has 168 valence electrons. The van der Waals surface area contributed by atoms with Gasteiger partial charge in [0.25, 0.3) is 0 Å². The van der Waals surface area contributed by atoms with Gasteiger partial charge in [0.2, 0.25) is 0 Å². The van der Waals surface area contributed by atoms with Gasteiger partial charge in [0.1, 0.15) is 0 Å². The minimum Gasteiger partial charge on any atom is -0.490 e. The van der Waals surface area contributed by atoms with E-state index < -0.39 is 0 Å². The van der Waals surface area contributed by atoms with E-state index in [4.69, 9.17) is 15.2 Å². The highest BCUT2D eigenvalue weighted by atomic mass is 127. The van der Waals surface area contributed by atoms with E-state index in [0.717, 1.165) is 30.2 Å². The molecule has 2 heterocycles. The smallest absolute Gasteiger partial charge is 0.193 e. The Morgan fingerprint density at radius 2 is 1.84 bits per heavy atom. The van der Waals surface area contributed by atoms with Crippen LogP contribution in [0.3, 0.4) is 0 Å². The first-order valence-electron chi connectivity index (χ1n) is 11.0. The number of likely N-dealkylation sites (tertiary alicyclic amines) is 1. The minimum atomic E-state index is 0. The van der Waals surface area contributed by atoms with Gasteiger partial charge in [-0.15, -0.1) is 24.0 Å². The van der Waals surface area contributed by atoms with Crippen molar-refractivity contribution in [3.63, 3.8) is 0 Å². The fourth-order valence-electron chi connectivity index (χ4n) is 4.08. The molecule has 1 atom stereocenters. The van der Waals surface area contributed by atoms with Gasteiger partial charge < -0.3 is 20.5 Å². The fourth-order valence-corrected chi connectivity index (χ4v) is 4.08. The molecule has 7 heteroatoms. The number of hydrogen-bond acceptors (Lipinski definition) is 4. The molecule has 3 N–H and O–H groups in total. The van der Waals surface area contributed by atoms with Gasteiger partial charge in [-0.05, 0) is 49.6 Å². The van der Waals surface area contributed by atoms with Crippen LogP contribution in [0.4, 0.5) is 5.69 Å². The predicted octanol–water partition coefficient (Wildman–Crippen LogP) is 4.77. The van der Waals surface area contributed by atoms with Crippen LogP contribution in [0.15, 0.2) is 47.5 Å². The van der Waals surface area contributed by atoms with Crippen LogP contribution < -0.4 is 20.5 Å². The highest BCUT2D eigenvalue weighted by Crippen LogP contribution is 2.32. The Kier molecular flexibility index (Phi) is 8.83. The van der Waals surface area contributed by atoms with Gasteiger partial charge >= 0.3 is 0 Å². The molecule has 2 aliphatic rings. The second-order valence-corrected chi connectivity index (χ2v) is 8.12. The molecule has 0 saturated carbocycles. The van der Waals surface area contributed by atoms with Crippen LogP contribution in [0.25, 0.3) is 0 Å². The summed E-state index contributed by atoms with van der Waals surface area (Å²) in [6.07, 6.45) is 4.80. The van der Waals surface area contributed by atoms with E-state index in [1.807, 2.05) is 18.2 Å². The number of anilines is 1. The molecule has 0 bridgehead atoms. The van der Waals surface area contributed by atoms with E-state index >= 15 is 0 Å². The van der Waals surface area contributed by atoms with Crippen molar-refractivity contribution < 1.29 is 9.47 Å². The molecule has 0 amide bonds. The van der Waals surface area contributed by atoms with Crippen molar-refractivity contribution in [2.75, 3.05) is 25.1 Å². The number of nitrogens with one attached hydrogen (secondary N) is 1. The molecule has 0 aliphatic carbocycles. The molecule has 1 saturated heterocycles. The monoisotopic (exact) mass is 536 g/mol. The molecule has 31 heavy (non-hydrogen) atoms. The first-order chi connectivity index (χ1) is 14.7. The van der Waals surface area contributed by atoms with Crippen molar-refractivity contribution in [3.05, 3.63) is 53.6 Å². The SMILES string of the molecule is CC1CCCCN1Cc1ccccc1CN=C(N)Nc1ccc2c(c1)OCCCO2.I. The summed E-state index contributed by atoms with van der Waals surface area (Å²) in [7, 11) is 0. The normalized spacial score (nSPS) is 19.3. The quantitative estimate of drug-likeness (QED) is 0.328. The summed E-state index contributed by atoms with van der Waals surface area (Å²) in [6.45, 7) is 6.37. The van der Waals surface area contributed by atoms with Gasteiger partial charge in [0.05, 0.1) is 19.8 Å². The maximum absolute atomic E-state index is 6.17. The average molecular weight is 536 g/mol. The number of ether oxygens (including phenoxy) is 2. The van der Waals surface area contributed by atoms with Crippen LogP contribution >= 0.6 is 24.0 Å². The molecule has 0 spiro atoms. The first-order valence-corrected chi connectivity index (χ1v) is 11.0. The number of piperidine rings is 1. The van der Waals surface area contributed by atoms with Crippen LogP contribution in [0.5, 0.6) is 11.5 Å². The van der Waals surface area contributed by atoms with E-state index in [1.165, 1.54) is 36.9 Å². The van der Waals surface area contributed by atoms with Gasteiger partial charge in [-0.3, -0.25) is 4.90 Å². The van der Waals surface area contributed by atoms with Gasteiger partial charge in [0, 0.05) is 30.8 Å². The molecule has 4 rings (SSSR count). The number of benzene rings is 2. The maximum atomic E-state index is 6.17. The van der Waals surface area contributed by atoms with Crippen molar-refractivity contribution in [1.82, 2.24) is 4.90 Å². The predicted molar refractivity (Wildman–Crippen MR) is 137 cm³/mol. The summed E-state index contributed by atoms with van der Waals surface area (Å²) >= 11 is 0. The molecule has 1 fully saturated rings. The lowest BCUT2D eigenvalue weighted by atomic mass is 10.0. The van der Waals surface area contributed by atoms with Crippen LogP contribution in [-0.2, 0) is 13.1 Å². The van der Waals surface area contributed by atoms with Crippen molar-refractivity contribution >= 4 is 35.6 Å². The van der Waals surface area contributed by atoms with Crippen molar-refractivity contribution in [2.24, 2.45) is 10.7 Å². The first kappa shape index (κ1) is 23.7. The summed E-state index contributed by atoms with van der Waals surface area (Å²) in [5.74, 6) is 1.91. The Morgan fingerprint density at radius 1 is 1.06 bits per heavy atom. The van der Waals surface area contributed by atoms with Gasteiger partial charge in [0.15, 0.2) is 17.5 Å². The number of fused-ring (bicyclic) bond motifs is 1. The van der Waals surface area contributed by atoms with Gasteiger partial charge in [-0.1, -0.05) is 30.7 Å². The Bertz CT molecular complexity index is 890. The number of aliphatic imine (C=N–C) groups is 1. The lowest BCUT2D eigenvalue weighted by Crippen LogP contribution is -2.37. The highest BCUT2D eigenvalue weighted by molar-refractivity contribution is 14.0. The summed E-state index contributed by atoms with van der Waals surface area (Å²) in [4.78, 5) is 7.16. The third-order valence-corrected chi connectivity index (χ3v) is 5.87. The number of rotatable bonds is 5. The molecular formula is C24H33IN4O2. The second-order valence-electron chi connectivity index (χ2n) is 8.12. The summed E-state index contributed by atoms with van der Waals surface area (Å²) < 4.78 is 11.4. The molecule has 2 aromatic carbocycles. The zero-order valence-corrected chi connectivity index (χ0v) is 20.5. The van der Waals surface area contributed by atoms with E-state index in [0.29, 0.717) is 31.8 Å². The molecule has 2 aliphatic heterocycles. The van der Waals surface area contributed by atoms with Crippen molar-refractivity contribution in [2.45, 2.75) is 51.7 Å². The van der Waals surface area contributed by atoms with E-state index in [1.54, 1.807) is 0 Å². The van der Waals surface area contributed by atoms with Crippen molar-refractivity contribution in [1.29, 1.82) is 0 Å². The van der Waals surface area contributed by atoms with E-state index in [-0.39, 0.29) is 24.0 Å². The lowest BCUT2D eigenvalue weighted by Gasteiger charge is -2.33. The number of nitrogens with zero attached hydrogens (tertiary/aromatic N) is 2. The lowest BCUT2D eigenvalue weighted by molar-refractivity contribution is 0.152. The fraction of sp³-hybridized carbons (Fsp3) is 0.458. The van der Waals surface area contributed by atoms with Crippen LogP contribution in [0.1, 0.15) is 43.7 Å². The Hall–Kier alpha value is -2.00. The van der Waals surface area contributed by atoms with Gasteiger partial charge in [-0.2, -0.15) is 0 Å². The average Bonchev–Trinajstić information content (AvgIpc) is 3.00. The largest absolute Gasteiger partial charge is 0.490 e. The van der Waals surface area contributed by atoms with Crippen LogP contribution in [-0.4, -0.2) is 36.7 Å². The van der Waals surface area contributed by atoms with Crippen molar-refractivity contribution in [3.8, 4) is 11.5 Å². The zero-order chi connectivity index (χ0) is 20.8. The molecule has 1 unspecified atom stereocenters. The standard InChI is InChI=1S/C24H32N4O2.HI/c1-18-7-4-5-12-28(18)17-20-9-3-2-8-19(20)16-26-24(25)27-21-10-11-22-23(15-21)30-14-6-13-29-22;/h2-3,8-11,15,18H,4-7,12-14,16-17H2,1H3,(H3,25,26,27);1H. The summed E-state index contributed by atoms with van der Waals surface area (Å²) in [6, 6.07) is 14.9. The zero-order valence-electron chi connectivity index (χ0n) is 18.2. The molecule has 0 aromatic heterocycles. The molecule has 6 nitrogen and oxygen atoms in total. The maximum Gasteiger partial charge on any atom is 0.193 e. The molecule has 2 aromatic rings. The molecule has 0 radical (unpaired) electrons. The Morgan fingerprint density at radius 3 is 2.65 bits per heavy atom. The van der Waals surface area contributed by atoms with Gasteiger partial charge in [-0.25, -0.2) is 4.99 Å². The van der Waals surface area contributed by atoms with E-state index in [9.17, 15) is 0 Å². The molecular weight excluding hydrogens is 503 g/mol. The number of guanidine groups is 1. The number of halogens is 1. The third-order valence-electron chi connectivity index (χ3n) is 5.87. The summed E-state index contributed by atoms with van der Waals surface area (Å²) in [5.41, 5.74) is 9.57. The minimum absolute atomic E-state index is 0. The Balaban J connectivity index is 0.00000272. The number of nitrogens with two attached hydrogens (primary N) is 1. The summed E-state index contributed by atoms with van der Waals surface area (Å²) in [5, 5.41) is 3.17. The number of hydrogen-bond donors (Lipinski definition) is 2. The Labute approximate surface area is 202 Å².